The third kappa shape index (κ3) is 4.16. The molecule has 1 aliphatic heterocycles. The van der Waals surface area contributed by atoms with E-state index in [1.54, 1.807) is 6.20 Å². The van der Waals surface area contributed by atoms with Crippen molar-refractivity contribution in [2.45, 2.75) is 6.04 Å². The molecule has 6 aromatic carbocycles. The zero-order valence-electron chi connectivity index (χ0n) is 25.7. The van der Waals surface area contributed by atoms with Crippen molar-refractivity contribution in [2.75, 3.05) is 0 Å². The van der Waals surface area contributed by atoms with Crippen LogP contribution in [0.1, 0.15) is 23.2 Å². The van der Waals surface area contributed by atoms with Crippen LogP contribution in [0.5, 0.6) is 0 Å². The van der Waals surface area contributed by atoms with Gasteiger partial charge in [0.2, 0.25) is 0 Å². The van der Waals surface area contributed by atoms with Crippen LogP contribution >= 0.6 is 0 Å². The lowest BCUT2D eigenvalue weighted by atomic mass is 9.99. The molecule has 6 heteroatoms. The quantitative estimate of drug-likeness (QED) is 0.197. The van der Waals surface area contributed by atoms with Crippen LogP contribution in [0.25, 0.3) is 83.4 Å². The number of furan rings is 1. The van der Waals surface area contributed by atoms with Crippen LogP contribution in [-0.4, -0.2) is 19.5 Å². The van der Waals surface area contributed by atoms with Gasteiger partial charge in [0.25, 0.3) is 0 Å². The van der Waals surface area contributed by atoms with Crippen molar-refractivity contribution in [2.24, 2.45) is 0 Å². The summed E-state index contributed by atoms with van der Waals surface area (Å²) in [6.45, 7) is 0. The Hall–Kier alpha value is -6.53. The van der Waals surface area contributed by atoms with Crippen molar-refractivity contribution in [3.8, 4) is 28.5 Å². The maximum absolute atomic E-state index is 6.55. The molecule has 0 N–H and O–H groups in total. The van der Waals surface area contributed by atoms with E-state index in [9.17, 15) is 0 Å². The largest absolute Gasteiger partial charge is 0.678 e. The van der Waals surface area contributed by atoms with E-state index in [1.807, 2.05) is 48.5 Å². The second-order valence-corrected chi connectivity index (χ2v) is 12.1. The molecule has 0 saturated heterocycles. The molecule has 48 heavy (non-hydrogen) atoms. The molecule has 10 rings (SSSR count). The highest BCUT2D eigenvalue weighted by Crippen LogP contribution is 2.43. The highest BCUT2D eigenvalue weighted by atomic mass is 16.3. The Morgan fingerprint density at radius 1 is 0.562 bits per heavy atom. The molecular formula is C42H26N5O-. The Kier molecular flexibility index (Phi) is 5.84. The van der Waals surface area contributed by atoms with Gasteiger partial charge in [0, 0.05) is 39.0 Å². The summed E-state index contributed by atoms with van der Waals surface area (Å²) in [6.07, 6.45) is 3.72. The van der Waals surface area contributed by atoms with Gasteiger partial charge in [-0.25, -0.2) is 15.0 Å². The SMILES string of the molecule is C1=Cc2oc3cc(-n4c5ccccc5c5ccccc54)ccc3c2C(c2nc(-c3ccccc3)nc(-c3ccc4ccccc4c3)n2)[N-]1. The van der Waals surface area contributed by atoms with Crippen LogP contribution in [0, 0.1) is 0 Å². The summed E-state index contributed by atoms with van der Waals surface area (Å²) in [6, 6.07) is 47.7. The number of hydrogen-bond donors (Lipinski definition) is 0. The van der Waals surface area contributed by atoms with Crippen molar-refractivity contribution in [1.29, 1.82) is 0 Å². The van der Waals surface area contributed by atoms with E-state index in [0.717, 1.165) is 55.5 Å². The molecule has 6 nitrogen and oxygen atoms in total. The maximum Gasteiger partial charge on any atom is 0.163 e. The van der Waals surface area contributed by atoms with Crippen molar-refractivity contribution in [1.82, 2.24) is 19.5 Å². The van der Waals surface area contributed by atoms with E-state index in [4.69, 9.17) is 24.7 Å². The highest BCUT2D eigenvalue weighted by Gasteiger charge is 2.24. The van der Waals surface area contributed by atoms with Gasteiger partial charge in [-0.15, -0.1) is 0 Å². The van der Waals surface area contributed by atoms with Crippen molar-refractivity contribution in [3.63, 3.8) is 0 Å². The maximum atomic E-state index is 6.55. The van der Waals surface area contributed by atoms with Gasteiger partial charge in [-0.05, 0) is 58.8 Å². The van der Waals surface area contributed by atoms with Crippen LogP contribution in [0.4, 0.5) is 0 Å². The van der Waals surface area contributed by atoms with Crippen LogP contribution in [0.15, 0.2) is 150 Å². The average molecular weight is 617 g/mol. The van der Waals surface area contributed by atoms with Crippen LogP contribution in [0.2, 0.25) is 0 Å². The Morgan fingerprint density at radius 3 is 2.04 bits per heavy atom. The first-order chi connectivity index (χ1) is 23.8. The number of nitrogens with zero attached hydrogens (tertiary/aromatic N) is 5. The van der Waals surface area contributed by atoms with E-state index in [-0.39, 0.29) is 0 Å². The number of hydrogen-bond acceptors (Lipinski definition) is 4. The highest BCUT2D eigenvalue weighted by molar-refractivity contribution is 6.09. The van der Waals surface area contributed by atoms with Gasteiger partial charge in [0.1, 0.15) is 17.2 Å². The van der Waals surface area contributed by atoms with E-state index >= 15 is 0 Å². The lowest BCUT2D eigenvalue weighted by Gasteiger charge is -2.31. The third-order valence-electron chi connectivity index (χ3n) is 9.25. The fraction of sp³-hybridized carbons (Fsp3) is 0.0238. The average Bonchev–Trinajstić information content (AvgIpc) is 3.70. The Bertz CT molecular complexity index is 2670. The summed E-state index contributed by atoms with van der Waals surface area (Å²) < 4.78 is 8.85. The Morgan fingerprint density at radius 2 is 1.25 bits per heavy atom. The fourth-order valence-corrected chi connectivity index (χ4v) is 7.03. The smallest absolute Gasteiger partial charge is 0.163 e. The second-order valence-electron chi connectivity index (χ2n) is 12.1. The molecule has 0 fully saturated rings. The zero-order valence-corrected chi connectivity index (χ0v) is 25.7. The van der Waals surface area contributed by atoms with Gasteiger partial charge >= 0.3 is 0 Å². The normalized spacial score (nSPS) is 14.1. The third-order valence-corrected chi connectivity index (χ3v) is 9.25. The van der Waals surface area contributed by atoms with E-state index < -0.39 is 6.04 Å². The first kappa shape index (κ1) is 26.7. The van der Waals surface area contributed by atoms with E-state index in [2.05, 4.69) is 102 Å². The molecule has 0 bridgehead atoms. The summed E-state index contributed by atoms with van der Waals surface area (Å²) in [7, 11) is 0. The summed E-state index contributed by atoms with van der Waals surface area (Å²) in [5.74, 6) is 2.55. The van der Waals surface area contributed by atoms with Gasteiger partial charge in [0.15, 0.2) is 11.6 Å². The van der Waals surface area contributed by atoms with Gasteiger partial charge in [-0.3, -0.25) is 0 Å². The summed E-state index contributed by atoms with van der Waals surface area (Å²) >= 11 is 0. The van der Waals surface area contributed by atoms with Crippen LogP contribution < -0.4 is 0 Å². The number of fused-ring (bicyclic) bond motifs is 7. The standard InChI is InChI=1S/C42H26N5O/c1-2-11-27(12-3-1)40-44-41(29-19-18-26-10-4-5-13-28(26)24-29)46-42(45-40)39-38-33-21-20-30(25-37(33)48-36(38)22-23-43-39)47-34-16-8-6-14-31(34)32-15-7-9-17-35(32)47/h1-25,39H/q-1. The Balaban J connectivity index is 1.14. The first-order valence-corrected chi connectivity index (χ1v) is 16.0. The minimum absolute atomic E-state index is 0.463. The molecule has 0 spiro atoms. The van der Waals surface area contributed by atoms with Crippen molar-refractivity contribution in [3.05, 3.63) is 168 Å². The number of benzene rings is 6. The molecule has 0 amide bonds. The van der Waals surface area contributed by atoms with Gasteiger partial charge in [0.05, 0.1) is 11.0 Å². The van der Waals surface area contributed by atoms with E-state index in [0.29, 0.717) is 17.5 Å². The lowest BCUT2D eigenvalue weighted by Crippen LogP contribution is -2.10. The lowest BCUT2D eigenvalue weighted by molar-refractivity contribution is 0.593. The molecule has 1 atom stereocenters. The minimum atomic E-state index is -0.463. The van der Waals surface area contributed by atoms with E-state index in [1.165, 1.54) is 16.2 Å². The first-order valence-electron chi connectivity index (χ1n) is 16.0. The number of para-hydroxylation sites is 2. The summed E-state index contributed by atoms with van der Waals surface area (Å²) in [4.78, 5) is 15.1. The fourth-order valence-electron chi connectivity index (χ4n) is 7.03. The molecular weight excluding hydrogens is 590 g/mol. The van der Waals surface area contributed by atoms with Crippen LogP contribution in [0.3, 0.4) is 0 Å². The molecule has 0 aliphatic carbocycles. The van der Waals surface area contributed by atoms with Crippen LogP contribution in [-0.2, 0) is 0 Å². The molecule has 3 aromatic heterocycles. The second kappa shape index (κ2) is 10.5. The van der Waals surface area contributed by atoms with Gasteiger partial charge < -0.3 is 14.3 Å². The Labute approximate surface area is 275 Å². The zero-order chi connectivity index (χ0) is 31.6. The summed E-state index contributed by atoms with van der Waals surface area (Å²) in [5, 5.41) is 10.7. The summed E-state index contributed by atoms with van der Waals surface area (Å²) in [5.41, 5.74) is 6.93. The molecule has 0 radical (unpaired) electrons. The van der Waals surface area contributed by atoms with Crippen molar-refractivity contribution >= 4 is 49.6 Å². The molecule has 1 aliphatic rings. The molecule has 0 saturated carbocycles. The molecule has 4 heterocycles. The minimum Gasteiger partial charge on any atom is -0.678 e. The van der Waals surface area contributed by atoms with Crippen molar-refractivity contribution < 1.29 is 4.42 Å². The predicted molar refractivity (Wildman–Crippen MR) is 193 cm³/mol. The number of rotatable bonds is 4. The van der Waals surface area contributed by atoms with Gasteiger partial charge in [-0.1, -0.05) is 103 Å². The molecule has 226 valence electrons. The monoisotopic (exact) mass is 616 g/mol. The number of aromatic nitrogens is 4. The topological polar surface area (TPSA) is 70.8 Å². The van der Waals surface area contributed by atoms with Gasteiger partial charge in [-0.2, -0.15) is 6.20 Å². The predicted octanol–water partition coefficient (Wildman–Crippen LogP) is 10.6. The molecule has 1 unspecified atom stereocenters. The molecule has 9 aromatic rings.